The van der Waals surface area contributed by atoms with E-state index in [1.165, 1.54) is 11.3 Å². The minimum absolute atomic E-state index is 0.227. The Balaban J connectivity index is 1.69. The van der Waals surface area contributed by atoms with Crippen LogP contribution in [0.3, 0.4) is 0 Å². The summed E-state index contributed by atoms with van der Waals surface area (Å²) in [6.45, 7) is 6.26. The van der Waals surface area contributed by atoms with Crippen molar-refractivity contribution in [1.29, 1.82) is 0 Å². The average molecular weight is 370 g/mol. The Bertz CT molecular complexity index is 883. The first kappa shape index (κ1) is 18.1. The number of hydrogen-bond acceptors (Lipinski definition) is 6. The van der Waals surface area contributed by atoms with E-state index in [-0.39, 0.29) is 6.61 Å². The molecule has 0 aliphatic heterocycles. The molecule has 2 aromatic heterocycles. The van der Waals surface area contributed by atoms with Crippen molar-refractivity contribution >= 4 is 23.0 Å². The van der Waals surface area contributed by atoms with Crippen molar-refractivity contribution in [3.63, 3.8) is 0 Å². The third-order valence-electron chi connectivity index (χ3n) is 4.12. The first-order chi connectivity index (χ1) is 12.6. The van der Waals surface area contributed by atoms with Crippen molar-refractivity contribution in [2.75, 3.05) is 18.0 Å². The van der Waals surface area contributed by atoms with Gasteiger partial charge in [-0.3, -0.25) is 4.68 Å². The number of aryl methyl sites for hydroxylation is 1. The number of esters is 1. The lowest BCUT2D eigenvalue weighted by atomic mass is 10.1. The molecule has 0 aliphatic rings. The molecule has 3 rings (SSSR count). The summed E-state index contributed by atoms with van der Waals surface area (Å²) < 4.78 is 7.21. The van der Waals surface area contributed by atoms with Gasteiger partial charge in [0.15, 0.2) is 5.69 Å². The van der Waals surface area contributed by atoms with Crippen molar-refractivity contribution in [3.05, 3.63) is 53.3 Å². The zero-order chi connectivity index (χ0) is 18.5. The molecule has 0 amide bonds. The van der Waals surface area contributed by atoms with Crippen molar-refractivity contribution in [2.45, 2.75) is 20.5 Å². The maximum Gasteiger partial charge on any atom is 0.358 e. The summed E-state index contributed by atoms with van der Waals surface area (Å²) in [4.78, 5) is 19.0. The number of anilines is 1. The summed E-state index contributed by atoms with van der Waals surface area (Å²) >= 11 is 1.41. The quantitative estimate of drug-likeness (QED) is 0.593. The second kappa shape index (κ2) is 8.14. The van der Waals surface area contributed by atoms with E-state index in [9.17, 15) is 4.79 Å². The SMILES string of the molecule is CCN(CC)c1ccccc1COC(=O)c1csc(-c2cnn(C)c2)n1. The monoisotopic (exact) mass is 370 g/mol. The van der Waals surface area contributed by atoms with E-state index in [1.54, 1.807) is 16.3 Å². The maximum absolute atomic E-state index is 12.4. The summed E-state index contributed by atoms with van der Waals surface area (Å²) in [5, 5.41) is 6.61. The van der Waals surface area contributed by atoms with Gasteiger partial charge in [0, 0.05) is 48.5 Å². The van der Waals surface area contributed by atoms with E-state index in [0.29, 0.717) is 5.69 Å². The molecule has 1 aromatic carbocycles. The molecule has 0 unspecified atom stereocenters. The summed E-state index contributed by atoms with van der Waals surface area (Å²) in [6, 6.07) is 8.00. The predicted octanol–water partition coefficient (Wildman–Crippen LogP) is 3.75. The standard InChI is InChI=1S/C19H22N4O2S/c1-4-23(5-2)17-9-7-6-8-14(17)12-25-19(24)16-13-26-18(21-16)15-10-20-22(3)11-15/h6-11,13H,4-5,12H2,1-3H3. The second-order valence-electron chi connectivity index (χ2n) is 5.82. The zero-order valence-electron chi connectivity index (χ0n) is 15.2. The van der Waals surface area contributed by atoms with E-state index >= 15 is 0 Å². The molecule has 6 nitrogen and oxygen atoms in total. The van der Waals surface area contributed by atoms with Gasteiger partial charge in [-0.1, -0.05) is 18.2 Å². The third kappa shape index (κ3) is 3.94. The Morgan fingerprint density at radius 1 is 1.27 bits per heavy atom. The molecule has 0 radical (unpaired) electrons. The van der Waals surface area contributed by atoms with Crippen LogP contribution in [0.5, 0.6) is 0 Å². The van der Waals surface area contributed by atoms with Gasteiger partial charge in [-0.2, -0.15) is 5.10 Å². The van der Waals surface area contributed by atoms with Gasteiger partial charge in [0.2, 0.25) is 0 Å². The van der Waals surface area contributed by atoms with E-state index in [1.807, 2.05) is 31.4 Å². The molecule has 0 atom stereocenters. The number of hydrogen-bond donors (Lipinski definition) is 0. The van der Waals surface area contributed by atoms with Crippen molar-refractivity contribution < 1.29 is 9.53 Å². The summed E-state index contributed by atoms with van der Waals surface area (Å²) in [6.07, 6.45) is 3.60. The van der Waals surface area contributed by atoms with Gasteiger partial charge in [0.05, 0.1) is 6.20 Å². The number of aromatic nitrogens is 3. The van der Waals surface area contributed by atoms with Crippen LogP contribution in [0, 0.1) is 0 Å². The van der Waals surface area contributed by atoms with Crippen LogP contribution < -0.4 is 4.90 Å². The van der Waals surface area contributed by atoms with Crippen LogP contribution in [-0.2, 0) is 18.4 Å². The summed E-state index contributed by atoms with van der Waals surface area (Å²) in [5.74, 6) is -0.411. The molecule has 3 aromatic rings. The van der Waals surface area contributed by atoms with E-state index < -0.39 is 5.97 Å². The highest BCUT2D eigenvalue weighted by molar-refractivity contribution is 7.13. The van der Waals surface area contributed by atoms with Crippen LogP contribution in [-0.4, -0.2) is 33.8 Å². The number of ether oxygens (including phenoxy) is 1. The molecule has 7 heteroatoms. The number of rotatable bonds is 7. The van der Waals surface area contributed by atoms with Crippen LogP contribution in [0.15, 0.2) is 42.0 Å². The number of carbonyl (C=O) groups excluding carboxylic acids is 1. The van der Waals surface area contributed by atoms with Crippen molar-refractivity contribution in [1.82, 2.24) is 14.8 Å². The molecule has 136 valence electrons. The average Bonchev–Trinajstić information content (AvgIpc) is 3.30. The Kier molecular flexibility index (Phi) is 5.68. The highest BCUT2D eigenvalue weighted by Crippen LogP contribution is 2.24. The lowest BCUT2D eigenvalue weighted by Crippen LogP contribution is -2.23. The van der Waals surface area contributed by atoms with E-state index in [4.69, 9.17) is 4.74 Å². The smallest absolute Gasteiger partial charge is 0.358 e. The molecule has 0 spiro atoms. The first-order valence-electron chi connectivity index (χ1n) is 8.56. The van der Waals surface area contributed by atoms with Gasteiger partial charge >= 0.3 is 5.97 Å². The lowest BCUT2D eigenvalue weighted by Gasteiger charge is -2.23. The van der Waals surface area contributed by atoms with Crippen molar-refractivity contribution in [2.24, 2.45) is 7.05 Å². The predicted molar refractivity (Wildman–Crippen MR) is 103 cm³/mol. The molecule has 0 aliphatic carbocycles. The van der Waals surface area contributed by atoms with Gasteiger partial charge in [0.25, 0.3) is 0 Å². The molecular formula is C19H22N4O2S. The summed E-state index contributed by atoms with van der Waals surface area (Å²) in [7, 11) is 1.85. The Hall–Kier alpha value is -2.67. The van der Waals surface area contributed by atoms with Crippen LogP contribution >= 0.6 is 11.3 Å². The van der Waals surface area contributed by atoms with Gasteiger partial charge < -0.3 is 9.64 Å². The van der Waals surface area contributed by atoms with Gasteiger partial charge in [0.1, 0.15) is 11.6 Å². The number of carbonyl (C=O) groups is 1. The molecule has 26 heavy (non-hydrogen) atoms. The fraction of sp³-hybridized carbons (Fsp3) is 0.316. The summed E-state index contributed by atoms with van der Waals surface area (Å²) in [5.41, 5.74) is 3.31. The third-order valence-corrected chi connectivity index (χ3v) is 5.01. The van der Waals surface area contributed by atoms with Crippen LogP contribution in [0.25, 0.3) is 10.6 Å². The van der Waals surface area contributed by atoms with Gasteiger partial charge in [-0.05, 0) is 19.9 Å². The zero-order valence-corrected chi connectivity index (χ0v) is 16.0. The Morgan fingerprint density at radius 3 is 2.73 bits per heavy atom. The van der Waals surface area contributed by atoms with Crippen LogP contribution in [0.1, 0.15) is 29.9 Å². The number of para-hydroxylation sites is 1. The highest BCUT2D eigenvalue weighted by atomic mass is 32.1. The topological polar surface area (TPSA) is 60.2 Å². The van der Waals surface area contributed by atoms with Crippen molar-refractivity contribution in [3.8, 4) is 10.6 Å². The fourth-order valence-electron chi connectivity index (χ4n) is 2.75. The molecule has 0 bridgehead atoms. The fourth-order valence-corrected chi connectivity index (χ4v) is 3.52. The molecular weight excluding hydrogens is 348 g/mol. The van der Waals surface area contributed by atoms with Gasteiger partial charge in [-0.15, -0.1) is 11.3 Å². The number of nitrogens with zero attached hydrogens (tertiary/aromatic N) is 4. The van der Waals surface area contributed by atoms with Crippen LogP contribution in [0.4, 0.5) is 5.69 Å². The maximum atomic E-state index is 12.4. The molecule has 2 heterocycles. The Morgan fingerprint density at radius 2 is 2.04 bits per heavy atom. The number of benzene rings is 1. The molecule has 0 saturated heterocycles. The molecule has 0 saturated carbocycles. The van der Waals surface area contributed by atoms with Crippen LogP contribution in [0.2, 0.25) is 0 Å². The van der Waals surface area contributed by atoms with Gasteiger partial charge in [-0.25, -0.2) is 9.78 Å². The minimum atomic E-state index is -0.411. The minimum Gasteiger partial charge on any atom is -0.456 e. The second-order valence-corrected chi connectivity index (χ2v) is 6.68. The van der Waals surface area contributed by atoms with E-state index in [0.717, 1.165) is 34.9 Å². The molecule has 0 fully saturated rings. The first-order valence-corrected chi connectivity index (χ1v) is 9.44. The van der Waals surface area contributed by atoms with E-state index in [2.05, 4.69) is 34.9 Å². The lowest BCUT2D eigenvalue weighted by molar-refractivity contribution is 0.0467. The normalized spacial score (nSPS) is 10.7. The molecule has 0 N–H and O–H groups in total. The highest BCUT2D eigenvalue weighted by Gasteiger charge is 2.15. The largest absolute Gasteiger partial charge is 0.456 e. The Labute approximate surface area is 157 Å². The number of thiazole rings is 1.